The first-order valence-electron chi connectivity index (χ1n) is 8.47. The van der Waals surface area contributed by atoms with Crippen LogP contribution in [0.1, 0.15) is 13.3 Å². The normalized spacial score (nSPS) is 24.0. The molecule has 2 saturated heterocycles. The number of aliphatic hydroxyl groups excluding tert-OH is 1. The van der Waals surface area contributed by atoms with Crippen LogP contribution in [0.4, 0.5) is 5.82 Å². The number of carbonyl (C=O) groups excluding carboxylic acids is 1. The van der Waals surface area contributed by atoms with Gasteiger partial charge in [0, 0.05) is 51.4 Å². The van der Waals surface area contributed by atoms with Gasteiger partial charge in [-0.2, -0.15) is 0 Å². The first-order chi connectivity index (χ1) is 11.1. The summed E-state index contributed by atoms with van der Waals surface area (Å²) in [6.45, 7) is 7.36. The molecule has 1 aromatic rings. The first-order valence-corrected chi connectivity index (χ1v) is 8.47. The molecule has 2 atom stereocenters. The monoisotopic (exact) mass is 318 g/mol. The van der Waals surface area contributed by atoms with Gasteiger partial charge in [-0.05, 0) is 25.5 Å². The molecule has 1 aromatic heterocycles. The topological polar surface area (TPSA) is 59.9 Å². The van der Waals surface area contributed by atoms with Gasteiger partial charge in [0.2, 0.25) is 5.91 Å². The molecule has 2 aliphatic rings. The molecular formula is C17H26N4O2. The van der Waals surface area contributed by atoms with Crippen molar-refractivity contribution in [1.82, 2.24) is 14.8 Å². The van der Waals surface area contributed by atoms with Gasteiger partial charge >= 0.3 is 0 Å². The highest BCUT2D eigenvalue weighted by atomic mass is 16.3. The molecule has 6 heteroatoms. The second kappa shape index (κ2) is 7.27. The van der Waals surface area contributed by atoms with Crippen LogP contribution in [0.5, 0.6) is 0 Å². The summed E-state index contributed by atoms with van der Waals surface area (Å²) in [5, 5.41) is 9.65. The van der Waals surface area contributed by atoms with E-state index in [0.29, 0.717) is 13.1 Å². The van der Waals surface area contributed by atoms with Gasteiger partial charge in [0.15, 0.2) is 0 Å². The van der Waals surface area contributed by atoms with E-state index in [4.69, 9.17) is 0 Å². The Bertz CT molecular complexity index is 515. The van der Waals surface area contributed by atoms with Crippen molar-refractivity contribution in [3.63, 3.8) is 0 Å². The second-order valence-corrected chi connectivity index (χ2v) is 6.58. The smallest absolute Gasteiger partial charge is 0.236 e. The molecule has 1 N–H and O–H groups in total. The van der Waals surface area contributed by atoms with Crippen molar-refractivity contribution in [2.75, 3.05) is 50.7 Å². The van der Waals surface area contributed by atoms with E-state index in [9.17, 15) is 9.90 Å². The maximum absolute atomic E-state index is 12.4. The molecule has 2 fully saturated rings. The highest BCUT2D eigenvalue weighted by Gasteiger charge is 2.30. The maximum atomic E-state index is 12.4. The SMILES string of the molecule is CC(O)C1CCN(C(=O)CN2CCN(c3ccccn3)CC2)C1. The average Bonchev–Trinajstić information content (AvgIpc) is 3.07. The Morgan fingerprint density at radius 3 is 2.70 bits per heavy atom. The van der Waals surface area contributed by atoms with Crippen LogP contribution in [0.25, 0.3) is 0 Å². The summed E-state index contributed by atoms with van der Waals surface area (Å²) in [5.41, 5.74) is 0. The number of rotatable bonds is 4. The predicted octanol–water partition coefficient (Wildman–Crippen LogP) is 0.433. The molecule has 3 heterocycles. The predicted molar refractivity (Wildman–Crippen MR) is 89.3 cm³/mol. The third kappa shape index (κ3) is 4.00. The largest absolute Gasteiger partial charge is 0.393 e. The molecule has 0 aliphatic carbocycles. The molecular weight excluding hydrogens is 292 g/mol. The standard InChI is InChI=1S/C17H26N4O2/c1-14(22)15-5-7-21(12-15)17(23)13-19-8-10-20(11-9-19)16-4-2-3-6-18-16/h2-4,6,14-15,22H,5,7-13H2,1H3. The van der Waals surface area contributed by atoms with Crippen molar-refractivity contribution in [1.29, 1.82) is 0 Å². The molecule has 0 spiro atoms. The van der Waals surface area contributed by atoms with E-state index < -0.39 is 0 Å². The summed E-state index contributed by atoms with van der Waals surface area (Å²) in [6, 6.07) is 5.96. The lowest BCUT2D eigenvalue weighted by molar-refractivity contribution is -0.131. The van der Waals surface area contributed by atoms with E-state index in [-0.39, 0.29) is 17.9 Å². The molecule has 0 aromatic carbocycles. The van der Waals surface area contributed by atoms with Gasteiger partial charge < -0.3 is 14.9 Å². The lowest BCUT2D eigenvalue weighted by Gasteiger charge is -2.35. The fourth-order valence-electron chi connectivity index (χ4n) is 3.37. The van der Waals surface area contributed by atoms with Crippen LogP contribution in [0.3, 0.4) is 0 Å². The average molecular weight is 318 g/mol. The number of hydrogen-bond donors (Lipinski definition) is 1. The van der Waals surface area contributed by atoms with Crippen molar-refractivity contribution in [2.24, 2.45) is 5.92 Å². The Hall–Kier alpha value is -1.66. The number of pyridine rings is 1. The lowest BCUT2D eigenvalue weighted by Crippen LogP contribution is -2.50. The first kappa shape index (κ1) is 16.2. The Morgan fingerprint density at radius 1 is 1.30 bits per heavy atom. The van der Waals surface area contributed by atoms with E-state index in [1.807, 2.05) is 36.2 Å². The molecule has 126 valence electrons. The van der Waals surface area contributed by atoms with Crippen molar-refractivity contribution in [3.8, 4) is 0 Å². The lowest BCUT2D eigenvalue weighted by atomic mass is 10.0. The quantitative estimate of drug-likeness (QED) is 0.872. The molecule has 3 rings (SSSR count). The molecule has 6 nitrogen and oxygen atoms in total. The zero-order valence-electron chi connectivity index (χ0n) is 13.8. The number of likely N-dealkylation sites (tertiary alicyclic amines) is 1. The zero-order valence-corrected chi connectivity index (χ0v) is 13.8. The zero-order chi connectivity index (χ0) is 16.2. The van der Waals surface area contributed by atoms with Crippen LogP contribution in [0, 0.1) is 5.92 Å². The van der Waals surface area contributed by atoms with Crippen molar-refractivity contribution >= 4 is 11.7 Å². The van der Waals surface area contributed by atoms with Crippen molar-refractivity contribution in [3.05, 3.63) is 24.4 Å². The Morgan fingerprint density at radius 2 is 2.09 bits per heavy atom. The number of piperazine rings is 1. The van der Waals surface area contributed by atoms with Gasteiger partial charge in [0.25, 0.3) is 0 Å². The fourth-order valence-corrected chi connectivity index (χ4v) is 3.37. The van der Waals surface area contributed by atoms with Gasteiger partial charge in [-0.15, -0.1) is 0 Å². The van der Waals surface area contributed by atoms with Crippen LogP contribution >= 0.6 is 0 Å². The number of anilines is 1. The number of amides is 1. The third-order valence-corrected chi connectivity index (χ3v) is 4.96. The molecule has 0 saturated carbocycles. The summed E-state index contributed by atoms with van der Waals surface area (Å²) in [5.74, 6) is 1.44. The number of hydrogen-bond acceptors (Lipinski definition) is 5. The molecule has 2 aliphatic heterocycles. The van der Waals surface area contributed by atoms with E-state index in [1.54, 1.807) is 0 Å². The third-order valence-electron chi connectivity index (χ3n) is 4.96. The molecule has 0 radical (unpaired) electrons. The molecule has 1 amide bonds. The highest BCUT2D eigenvalue weighted by Crippen LogP contribution is 2.20. The summed E-state index contributed by atoms with van der Waals surface area (Å²) in [7, 11) is 0. The molecule has 0 bridgehead atoms. The minimum atomic E-state index is -0.324. The maximum Gasteiger partial charge on any atom is 0.236 e. The number of carbonyl (C=O) groups is 1. The minimum absolute atomic E-state index is 0.194. The number of aliphatic hydroxyl groups is 1. The van der Waals surface area contributed by atoms with Crippen molar-refractivity contribution < 1.29 is 9.90 Å². The van der Waals surface area contributed by atoms with Crippen LogP contribution in [0.15, 0.2) is 24.4 Å². The van der Waals surface area contributed by atoms with Gasteiger partial charge in [0.1, 0.15) is 5.82 Å². The summed E-state index contributed by atoms with van der Waals surface area (Å²) in [4.78, 5) is 23.2. The number of nitrogens with zero attached hydrogens (tertiary/aromatic N) is 4. The Kier molecular flexibility index (Phi) is 5.13. The Labute approximate surface area is 137 Å². The van der Waals surface area contributed by atoms with Gasteiger partial charge in [-0.1, -0.05) is 6.07 Å². The van der Waals surface area contributed by atoms with Crippen LogP contribution in [-0.2, 0) is 4.79 Å². The van der Waals surface area contributed by atoms with Crippen molar-refractivity contribution in [2.45, 2.75) is 19.4 Å². The fraction of sp³-hybridized carbons (Fsp3) is 0.647. The Balaban J connectivity index is 1.45. The number of aromatic nitrogens is 1. The van der Waals surface area contributed by atoms with Crippen LogP contribution in [-0.4, -0.2) is 77.7 Å². The van der Waals surface area contributed by atoms with E-state index in [1.165, 1.54) is 0 Å². The summed E-state index contributed by atoms with van der Waals surface area (Å²) >= 11 is 0. The second-order valence-electron chi connectivity index (χ2n) is 6.58. The highest BCUT2D eigenvalue weighted by molar-refractivity contribution is 5.78. The van der Waals surface area contributed by atoms with E-state index >= 15 is 0 Å². The van der Waals surface area contributed by atoms with Gasteiger partial charge in [-0.25, -0.2) is 4.98 Å². The van der Waals surface area contributed by atoms with E-state index in [2.05, 4.69) is 14.8 Å². The summed E-state index contributed by atoms with van der Waals surface area (Å²) < 4.78 is 0. The minimum Gasteiger partial charge on any atom is -0.393 e. The van der Waals surface area contributed by atoms with Gasteiger partial charge in [0.05, 0.1) is 12.6 Å². The van der Waals surface area contributed by atoms with Crippen LogP contribution < -0.4 is 4.90 Å². The van der Waals surface area contributed by atoms with Gasteiger partial charge in [-0.3, -0.25) is 9.69 Å². The van der Waals surface area contributed by atoms with Crippen LogP contribution in [0.2, 0.25) is 0 Å². The molecule has 23 heavy (non-hydrogen) atoms. The summed E-state index contributed by atoms with van der Waals surface area (Å²) in [6.07, 6.45) is 2.41. The van der Waals surface area contributed by atoms with E-state index in [0.717, 1.165) is 45.0 Å². The molecule has 2 unspecified atom stereocenters.